The van der Waals surface area contributed by atoms with Crippen LogP contribution in [0.2, 0.25) is 0 Å². The van der Waals surface area contributed by atoms with E-state index in [9.17, 15) is 0 Å². The predicted octanol–water partition coefficient (Wildman–Crippen LogP) is 3.11. The number of piperazine rings is 1. The third-order valence-electron chi connectivity index (χ3n) is 5.52. The van der Waals surface area contributed by atoms with Crippen LogP contribution in [0.15, 0.2) is 30.3 Å². The molecule has 2 aliphatic heterocycles. The van der Waals surface area contributed by atoms with Gasteiger partial charge in [0.05, 0.1) is 12.8 Å². The lowest BCUT2D eigenvalue weighted by molar-refractivity contribution is 0.413. The van der Waals surface area contributed by atoms with Gasteiger partial charge in [0, 0.05) is 45.3 Å². The second-order valence-corrected chi connectivity index (χ2v) is 7.33. The fourth-order valence-electron chi connectivity index (χ4n) is 4.05. The van der Waals surface area contributed by atoms with Gasteiger partial charge in [-0.15, -0.1) is 0 Å². The van der Waals surface area contributed by atoms with Crippen molar-refractivity contribution < 1.29 is 4.74 Å². The standard InChI is InChI=1S/C21H29N5O/c1-17-22-20(25-10-6-3-7-11-25)16-21(23-17)26-14-12-24(13-15-26)18-8-4-5-9-19(18)27-2/h4-5,8-9,16H,3,6-7,10-15H2,1-2H3. The minimum absolute atomic E-state index is 0.861. The molecule has 0 bridgehead atoms. The summed E-state index contributed by atoms with van der Waals surface area (Å²) >= 11 is 0. The van der Waals surface area contributed by atoms with E-state index in [4.69, 9.17) is 14.7 Å². The van der Waals surface area contributed by atoms with Crippen LogP contribution < -0.4 is 19.4 Å². The number of aromatic nitrogens is 2. The van der Waals surface area contributed by atoms with Crippen LogP contribution in [0.25, 0.3) is 0 Å². The van der Waals surface area contributed by atoms with Gasteiger partial charge in [0.15, 0.2) is 0 Å². The molecule has 2 aliphatic rings. The van der Waals surface area contributed by atoms with E-state index < -0.39 is 0 Å². The molecule has 0 radical (unpaired) electrons. The molecule has 0 atom stereocenters. The Morgan fingerprint density at radius 1 is 0.778 bits per heavy atom. The van der Waals surface area contributed by atoms with Gasteiger partial charge in [0.25, 0.3) is 0 Å². The van der Waals surface area contributed by atoms with E-state index >= 15 is 0 Å². The highest BCUT2D eigenvalue weighted by Gasteiger charge is 2.22. The van der Waals surface area contributed by atoms with Crippen LogP contribution in [0, 0.1) is 6.92 Å². The average molecular weight is 367 g/mol. The Balaban J connectivity index is 1.47. The second kappa shape index (κ2) is 8.03. The van der Waals surface area contributed by atoms with E-state index in [0.29, 0.717) is 0 Å². The number of ether oxygens (including phenoxy) is 1. The summed E-state index contributed by atoms with van der Waals surface area (Å²) < 4.78 is 5.53. The lowest BCUT2D eigenvalue weighted by atomic mass is 10.1. The summed E-state index contributed by atoms with van der Waals surface area (Å²) in [7, 11) is 1.74. The van der Waals surface area contributed by atoms with Crippen LogP contribution in [-0.4, -0.2) is 56.3 Å². The number of methoxy groups -OCH3 is 1. The maximum Gasteiger partial charge on any atom is 0.142 e. The maximum absolute atomic E-state index is 5.53. The number of rotatable bonds is 4. The maximum atomic E-state index is 5.53. The van der Waals surface area contributed by atoms with E-state index in [-0.39, 0.29) is 0 Å². The highest BCUT2D eigenvalue weighted by molar-refractivity contribution is 5.60. The van der Waals surface area contributed by atoms with Gasteiger partial charge in [-0.05, 0) is 38.3 Å². The minimum Gasteiger partial charge on any atom is -0.495 e. The lowest BCUT2D eigenvalue weighted by Crippen LogP contribution is -2.47. The number of benzene rings is 1. The van der Waals surface area contributed by atoms with Gasteiger partial charge < -0.3 is 19.4 Å². The fraction of sp³-hybridized carbons (Fsp3) is 0.524. The third-order valence-corrected chi connectivity index (χ3v) is 5.52. The minimum atomic E-state index is 0.861. The Bertz CT molecular complexity index is 767. The molecule has 144 valence electrons. The highest BCUT2D eigenvalue weighted by Crippen LogP contribution is 2.29. The molecule has 4 rings (SSSR count). The van der Waals surface area contributed by atoms with Crippen molar-refractivity contribution in [2.75, 3.05) is 61.1 Å². The van der Waals surface area contributed by atoms with Crippen LogP contribution in [0.4, 0.5) is 17.3 Å². The van der Waals surface area contributed by atoms with Crippen molar-refractivity contribution in [3.05, 3.63) is 36.2 Å². The summed E-state index contributed by atoms with van der Waals surface area (Å²) in [5.41, 5.74) is 1.17. The number of piperidine rings is 1. The smallest absolute Gasteiger partial charge is 0.142 e. The Kier molecular flexibility index (Phi) is 5.32. The number of hydrogen-bond acceptors (Lipinski definition) is 6. The highest BCUT2D eigenvalue weighted by atomic mass is 16.5. The molecular formula is C21H29N5O. The van der Waals surface area contributed by atoms with Crippen LogP contribution in [-0.2, 0) is 0 Å². The number of anilines is 3. The van der Waals surface area contributed by atoms with Crippen molar-refractivity contribution in [3.8, 4) is 5.75 Å². The molecule has 6 heteroatoms. The normalized spacial score (nSPS) is 17.9. The molecule has 0 saturated carbocycles. The molecule has 1 aromatic heterocycles. The van der Waals surface area contributed by atoms with Crippen LogP contribution >= 0.6 is 0 Å². The first-order valence-corrected chi connectivity index (χ1v) is 9.98. The first-order valence-electron chi connectivity index (χ1n) is 9.98. The van der Waals surface area contributed by atoms with Gasteiger partial charge in [-0.2, -0.15) is 0 Å². The van der Waals surface area contributed by atoms with E-state index in [1.807, 2.05) is 19.1 Å². The van der Waals surface area contributed by atoms with Crippen molar-refractivity contribution in [2.24, 2.45) is 0 Å². The predicted molar refractivity (Wildman–Crippen MR) is 110 cm³/mol. The molecule has 0 aliphatic carbocycles. The molecule has 0 unspecified atom stereocenters. The monoisotopic (exact) mass is 367 g/mol. The number of nitrogens with zero attached hydrogens (tertiary/aromatic N) is 5. The van der Waals surface area contributed by atoms with Crippen molar-refractivity contribution >= 4 is 17.3 Å². The molecule has 2 aromatic rings. The topological polar surface area (TPSA) is 44.7 Å². The van der Waals surface area contributed by atoms with Gasteiger partial charge >= 0.3 is 0 Å². The van der Waals surface area contributed by atoms with Crippen molar-refractivity contribution in [3.63, 3.8) is 0 Å². The molecule has 0 amide bonds. The largest absolute Gasteiger partial charge is 0.495 e. The Morgan fingerprint density at radius 3 is 2.04 bits per heavy atom. The van der Waals surface area contributed by atoms with Crippen LogP contribution in [0.1, 0.15) is 25.1 Å². The molecule has 1 aromatic carbocycles. The summed E-state index contributed by atoms with van der Waals surface area (Å²) in [6.45, 7) is 8.05. The van der Waals surface area contributed by atoms with Crippen molar-refractivity contribution in [2.45, 2.75) is 26.2 Å². The molecule has 0 spiro atoms. The van der Waals surface area contributed by atoms with Gasteiger partial charge in [-0.25, -0.2) is 9.97 Å². The average Bonchev–Trinajstić information content (AvgIpc) is 2.74. The third kappa shape index (κ3) is 3.94. The van der Waals surface area contributed by atoms with Crippen molar-refractivity contribution in [1.82, 2.24) is 9.97 Å². The van der Waals surface area contributed by atoms with Gasteiger partial charge in [-0.3, -0.25) is 0 Å². The van der Waals surface area contributed by atoms with E-state index in [2.05, 4.69) is 32.9 Å². The number of aryl methyl sites for hydroxylation is 1. The lowest BCUT2D eigenvalue weighted by Gasteiger charge is -2.37. The summed E-state index contributed by atoms with van der Waals surface area (Å²) in [6, 6.07) is 10.4. The summed E-state index contributed by atoms with van der Waals surface area (Å²) in [5.74, 6) is 3.95. The molecule has 2 fully saturated rings. The summed E-state index contributed by atoms with van der Waals surface area (Å²) in [5, 5.41) is 0. The second-order valence-electron chi connectivity index (χ2n) is 7.33. The van der Waals surface area contributed by atoms with Gasteiger partial charge in [0.2, 0.25) is 0 Å². The Morgan fingerprint density at radius 2 is 1.37 bits per heavy atom. The van der Waals surface area contributed by atoms with Crippen LogP contribution in [0.5, 0.6) is 5.75 Å². The first-order chi connectivity index (χ1) is 13.2. The quantitative estimate of drug-likeness (QED) is 0.827. The Hall–Kier alpha value is -2.50. The van der Waals surface area contributed by atoms with E-state index in [0.717, 1.165) is 62.5 Å². The van der Waals surface area contributed by atoms with E-state index in [1.54, 1.807) is 7.11 Å². The summed E-state index contributed by atoms with van der Waals surface area (Å²) in [6.07, 6.45) is 3.85. The molecule has 27 heavy (non-hydrogen) atoms. The number of para-hydroxylation sites is 2. The molecule has 6 nitrogen and oxygen atoms in total. The molecular weight excluding hydrogens is 338 g/mol. The fourth-order valence-corrected chi connectivity index (χ4v) is 4.05. The SMILES string of the molecule is COc1ccccc1N1CCN(c2cc(N3CCCCC3)nc(C)n2)CC1. The molecule has 2 saturated heterocycles. The molecule has 3 heterocycles. The molecule has 0 N–H and O–H groups in total. The zero-order valence-electron chi connectivity index (χ0n) is 16.4. The van der Waals surface area contributed by atoms with E-state index in [1.165, 1.54) is 24.9 Å². The summed E-state index contributed by atoms with van der Waals surface area (Å²) in [4.78, 5) is 16.6. The first kappa shape index (κ1) is 17.9. The zero-order chi connectivity index (χ0) is 18.6. The Labute approximate surface area is 161 Å². The van der Waals surface area contributed by atoms with Gasteiger partial charge in [0.1, 0.15) is 23.2 Å². The number of hydrogen-bond donors (Lipinski definition) is 0. The van der Waals surface area contributed by atoms with Crippen molar-refractivity contribution in [1.29, 1.82) is 0 Å². The van der Waals surface area contributed by atoms with Crippen LogP contribution in [0.3, 0.4) is 0 Å². The zero-order valence-corrected chi connectivity index (χ0v) is 16.4. The van der Waals surface area contributed by atoms with Gasteiger partial charge in [-0.1, -0.05) is 12.1 Å².